The van der Waals surface area contributed by atoms with Gasteiger partial charge in [0.2, 0.25) is 0 Å². The SMILES string of the molecule is NNC(Cc1ccc(F)c(Cl)c1)c1ccc(I)cc1. The molecule has 0 saturated heterocycles. The molecule has 2 aromatic rings. The van der Waals surface area contributed by atoms with Gasteiger partial charge < -0.3 is 0 Å². The van der Waals surface area contributed by atoms with Crippen LogP contribution in [-0.2, 0) is 6.42 Å². The Morgan fingerprint density at radius 1 is 1.21 bits per heavy atom. The lowest BCUT2D eigenvalue weighted by molar-refractivity contribution is 0.551. The van der Waals surface area contributed by atoms with E-state index in [4.69, 9.17) is 17.4 Å². The quantitative estimate of drug-likeness (QED) is 0.473. The van der Waals surface area contributed by atoms with E-state index in [2.05, 4.69) is 28.0 Å². The molecule has 2 rings (SSSR count). The van der Waals surface area contributed by atoms with Crippen LogP contribution in [0.5, 0.6) is 0 Å². The first kappa shape index (κ1) is 14.7. The highest BCUT2D eigenvalue weighted by atomic mass is 127. The summed E-state index contributed by atoms with van der Waals surface area (Å²) in [7, 11) is 0. The van der Waals surface area contributed by atoms with Crippen molar-refractivity contribution in [2.24, 2.45) is 5.84 Å². The molecule has 0 aliphatic rings. The second kappa shape index (κ2) is 6.65. The molecule has 0 fully saturated rings. The second-order valence-electron chi connectivity index (χ2n) is 4.22. The monoisotopic (exact) mass is 390 g/mol. The van der Waals surface area contributed by atoms with Gasteiger partial charge >= 0.3 is 0 Å². The number of rotatable bonds is 4. The molecule has 100 valence electrons. The van der Waals surface area contributed by atoms with Gasteiger partial charge in [-0.2, -0.15) is 0 Å². The molecule has 1 unspecified atom stereocenters. The van der Waals surface area contributed by atoms with Gasteiger partial charge in [-0.25, -0.2) is 4.39 Å². The Morgan fingerprint density at radius 3 is 2.47 bits per heavy atom. The Labute approximate surface area is 130 Å². The van der Waals surface area contributed by atoms with Crippen LogP contribution in [0.15, 0.2) is 42.5 Å². The minimum Gasteiger partial charge on any atom is -0.271 e. The van der Waals surface area contributed by atoms with Crippen molar-refractivity contribution >= 4 is 34.2 Å². The standard InChI is InChI=1S/C14H13ClFIN2/c15-12-7-9(1-6-13(12)16)8-14(19-18)10-2-4-11(17)5-3-10/h1-7,14,19H,8,18H2. The molecule has 0 spiro atoms. The first-order chi connectivity index (χ1) is 9.10. The molecule has 2 nitrogen and oxygen atoms in total. The van der Waals surface area contributed by atoms with Crippen molar-refractivity contribution in [1.82, 2.24) is 5.43 Å². The van der Waals surface area contributed by atoms with Gasteiger partial charge in [-0.15, -0.1) is 0 Å². The number of hydrogen-bond donors (Lipinski definition) is 2. The number of benzene rings is 2. The predicted octanol–water partition coefficient (Wildman–Crippen LogP) is 3.83. The number of hydrazine groups is 1. The summed E-state index contributed by atoms with van der Waals surface area (Å²) < 4.78 is 14.3. The first-order valence-corrected chi connectivity index (χ1v) is 7.21. The molecule has 0 aliphatic carbocycles. The Balaban J connectivity index is 2.18. The molecule has 5 heteroatoms. The van der Waals surface area contributed by atoms with Crippen molar-refractivity contribution in [3.8, 4) is 0 Å². The fourth-order valence-corrected chi connectivity index (χ4v) is 2.43. The Kier molecular flexibility index (Phi) is 5.15. The molecule has 0 aromatic heterocycles. The van der Waals surface area contributed by atoms with E-state index in [1.807, 2.05) is 24.3 Å². The summed E-state index contributed by atoms with van der Waals surface area (Å²) in [6.07, 6.45) is 0.650. The third kappa shape index (κ3) is 3.89. The summed E-state index contributed by atoms with van der Waals surface area (Å²) in [4.78, 5) is 0. The summed E-state index contributed by atoms with van der Waals surface area (Å²) in [5, 5.41) is 0.135. The van der Waals surface area contributed by atoms with Crippen LogP contribution in [0.4, 0.5) is 4.39 Å². The third-order valence-electron chi connectivity index (χ3n) is 2.90. The van der Waals surface area contributed by atoms with Gasteiger partial charge in [0, 0.05) is 9.61 Å². The average molecular weight is 391 g/mol. The zero-order valence-corrected chi connectivity index (χ0v) is 13.0. The molecule has 0 bridgehead atoms. The number of halogens is 3. The van der Waals surface area contributed by atoms with Crippen LogP contribution in [0.2, 0.25) is 5.02 Å². The van der Waals surface area contributed by atoms with Crippen LogP contribution < -0.4 is 11.3 Å². The lowest BCUT2D eigenvalue weighted by atomic mass is 9.99. The highest BCUT2D eigenvalue weighted by Gasteiger charge is 2.11. The summed E-state index contributed by atoms with van der Waals surface area (Å²) in [5.74, 6) is 5.19. The highest BCUT2D eigenvalue weighted by molar-refractivity contribution is 14.1. The molecule has 0 amide bonds. The lowest BCUT2D eigenvalue weighted by Crippen LogP contribution is -2.29. The van der Waals surface area contributed by atoms with Gasteiger partial charge in [-0.1, -0.05) is 29.8 Å². The lowest BCUT2D eigenvalue weighted by Gasteiger charge is -2.16. The van der Waals surface area contributed by atoms with Crippen molar-refractivity contribution in [2.75, 3.05) is 0 Å². The molecule has 19 heavy (non-hydrogen) atoms. The molecular weight excluding hydrogens is 378 g/mol. The normalized spacial score (nSPS) is 12.4. The van der Waals surface area contributed by atoms with Gasteiger partial charge in [-0.3, -0.25) is 11.3 Å². The van der Waals surface area contributed by atoms with E-state index in [0.29, 0.717) is 6.42 Å². The van der Waals surface area contributed by atoms with Crippen LogP contribution in [0.1, 0.15) is 17.2 Å². The van der Waals surface area contributed by atoms with E-state index in [1.54, 1.807) is 12.1 Å². The van der Waals surface area contributed by atoms with Crippen molar-refractivity contribution in [1.29, 1.82) is 0 Å². The molecule has 1 atom stereocenters. The fraction of sp³-hybridized carbons (Fsp3) is 0.143. The first-order valence-electron chi connectivity index (χ1n) is 5.75. The zero-order chi connectivity index (χ0) is 13.8. The highest BCUT2D eigenvalue weighted by Crippen LogP contribution is 2.22. The van der Waals surface area contributed by atoms with Crippen molar-refractivity contribution in [3.63, 3.8) is 0 Å². The molecule has 3 N–H and O–H groups in total. The number of nitrogens with one attached hydrogen (secondary N) is 1. The van der Waals surface area contributed by atoms with Crippen molar-refractivity contribution in [3.05, 3.63) is 68.0 Å². The third-order valence-corrected chi connectivity index (χ3v) is 3.91. The largest absolute Gasteiger partial charge is 0.271 e. The van der Waals surface area contributed by atoms with Gasteiger partial charge in [0.1, 0.15) is 5.82 Å². The smallest absolute Gasteiger partial charge is 0.141 e. The second-order valence-corrected chi connectivity index (χ2v) is 5.88. The van der Waals surface area contributed by atoms with Crippen LogP contribution in [0, 0.1) is 9.39 Å². The number of hydrogen-bond acceptors (Lipinski definition) is 2. The number of nitrogens with two attached hydrogens (primary N) is 1. The Bertz CT molecular complexity index is 560. The molecule has 0 aliphatic heterocycles. The summed E-state index contributed by atoms with van der Waals surface area (Å²) in [6, 6.07) is 12.8. The zero-order valence-electron chi connectivity index (χ0n) is 10.0. The Hall–Kier alpha value is -0.690. The summed E-state index contributed by atoms with van der Waals surface area (Å²) >= 11 is 8.03. The van der Waals surface area contributed by atoms with Crippen LogP contribution >= 0.6 is 34.2 Å². The van der Waals surface area contributed by atoms with E-state index < -0.39 is 5.82 Å². The molecule has 2 aromatic carbocycles. The molecular formula is C14H13ClFIN2. The molecule has 0 heterocycles. The van der Waals surface area contributed by atoms with Crippen LogP contribution in [0.3, 0.4) is 0 Å². The van der Waals surface area contributed by atoms with Crippen LogP contribution in [-0.4, -0.2) is 0 Å². The molecule has 0 saturated carbocycles. The van der Waals surface area contributed by atoms with Crippen molar-refractivity contribution in [2.45, 2.75) is 12.5 Å². The maximum absolute atomic E-state index is 13.1. The summed E-state index contributed by atoms with van der Waals surface area (Å²) in [6.45, 7) is 0. The van der Waals surface area contributed by atoms with Crippen LogP contribution in [0.25, 0.3) is 0 Å². The van der Waals surface area contributed by atoms with E-state index in [-0.39, 0.29) is 11.1 Å². The maximum Gasteiger partial charge on any atom is 0.141 e. The van der Waals surface area contributed by atoms with E-state index in [9.17, 15) is 4.39 Å². The van der Waals surface area contributed by atoms with E-state index in [1.165, 1.54) is 9.64 Å². The Morgan fingerprint density at radius 2 is 1.89 bits per heavy atom. The van der Waals surface area contributed by atoms with E-state index >= 15 is 0 Å². The fourth-order valence-electron chi connectivity index (χ4n) is 1.87. The maximum atomic E-state index is 13.1. The minimum atomic E-state index is -0.406. The average Bonchev–Trinajstić information content (AvgIpc) is 2.41. The van der Waals surface area contributed by atoms with Gasteiger partial charge in [0.05, 0.1) is 5.02 Å². The van der Waals surface area contributed by atoms with Crippen molar-refractivity contribution < 1.29 is 4.39 Å². The van der Waals surface area contributed by atoms with E-state index in [0.717, 1.165) is 11.1 Å². The summed E-state index contributed by atoms with van der Waals surface area (Å²) in [5.41, 5.74) is 4.81. The van der Waals surface area contributed by atoms with Gasteiger partial charge in [-0.05, 0) is 64.4 Å². The molecule has 0 radical (unpaired) electrons. The topological polar surface area (TPSA) is 38.0 Å². The minimum absolute atomic E-state index is 0.0291. The van der Waals surface area contributed by atoms with Gasteiger partial charge in [0.15, 0.2) is 0 Å². The predicted molar refractivity (Wildman–Crippen MR) is 84.3 cm³/mol. The van der Waals surface area contributed by atoms with Gasteiger partial charge in [0.25, 0.3) is 0 Å².